The molecule has 1 aromatic rings. The van der Waals surface area contributed by atoms with Gasteiger partial charge in [-0.1, -0.05) is 6.07 Å². The number of halogens is 2. The summed E-state index contributed by atoms with van der Waals surface area (Å²) < 4.78 is 26.8. The number of carbonyl (C=O) groups is 1. The van der Waals surface area contributed by atoms with Gasteiger partial charge in [-0.2, -0.15) is 0 Å². The third-order valence-corrected chi connectivity index (χ3v) is 5.90. The Balaban J connectivity index is 1.36. The van der Waals surface area contributed by atoms with Crippen molar-refractivity contribution in [3.05, 3.63) is 35.4 Å². The Hall–Kier alpha value is -1.69. The van der Waals surface area contributed by atoms with E-state index in [2.05, 4.69) is 17.3 Å². The van der Waals surface area contributed by atoms with E-state index in [-0.39, 0.29) is 18.0 Å². The van der Waals surface area contributed by atoms with Crippen molar-refractivity contribution in [1.82, 2.24) is 15.1 Å². The maximum absolute atomic E-state index is 13.8. The monoisotopic (exact) mass is 335 g/mol. The van der Waals surface area contributed by atoms with Crippen molar-refractivity contribution >= 4 is 6.03 Å². The number of nitrogens with one attached hydrogen (secondary N) is 1. The minimum Gasteiger partial charge on any atom is -0.335 e. The van der Waals surface area contributed by atoms with Crippen LogP contribution in [-0.2, 0) is 0 Å². The molecule has 0 unspecified atom stereocenters. The van der Waals surface area contributed by atoms with E-state index in [1.54, 1.807) is 0 Å². The van der Waals surface area contributed by atoms with Crippen molar-refractivity contribution in [2.45, 2.75) is 49.7 Å². The number of likely N-dealkylation sites (tertiary alicyclic amines) is 1. The summed E-state index contributed by atoms with van der Waals surface area (Å²) in [7, 11) is 2.15. The molecule has 6 heteroatoms. The predicted molar refractivity (Wildman–Crippen MR) is 86.8 cm³/mol. The molecule has 2 amide bonds. The van der Waals surface area contributed by atoms with E-state index in [9.17, 15) is 13.6 Å². The first kappa shape index (κ1) is 15.8. The Morgan fingerprint density at radius 2 is 2.00 bits per heavy atom. The van der Waals surface area contributed by atoms with Gasteiger partial charge in [0.1, 0.15) is 11.6 Å². The zero-order chi connectivity index (χ0) is 16.8. The Kier molecular flexibility index (Phi) is 3.95. The van der Waals surface area contributed by atoms with E-state index in [0.717, 1.165) is 32.0 Å². The zero-order valence-electron chi connectivity index (χ0n) is 13.8. The summed E-state index contributed by atoms with van der Waals surface area (Å²) >= 11 is 0. The number of rotatable bonds is 2. The highest BCUT2D eigenvalue weighted by atomic mass is 19.1. The molecule has 1 N–H and O–H groups in total. The third-order valence-electron chi connectivity index (χ3n) is 5.90. The molecule has 2 aliphatic heterocycles. The van der Waals surface area contributed by atoms with Gasteiger partial charge in [0.15, 0.2) is 0 Å². The summed E-state index contributed by atoms with van der Waals surface area (Å²) in [6.45, 7) is 1.54. The largest absolute Gasteiger partial charge is 0.335 e. The van der Waals surface area contributed by atoms with Gasteiger partial charge in [0.2, 0.25) is 0 Å². The van der Waals surface area contributed by atoms with E-state index in [1.807, 2.05) is 4.90 Å². The summed E-state index contributed by atoms with van der Waals surface area (Å²) in [5, 5.41) is 3.02. The number of carbonyl (C=O) groups excluding carboxylic acids is 1. The fourth-order valence-electron chi connectivity index (χ4n) is 4.24. The molecule has 1 saturated carbocycles. The minimum atomic E-state index is -0.568. The van der Waals surface area contributed by atoms with E-state index in [1.165, 1.54) is 18.6 Å². The fourth-order valence-corrected chi connectivity index (χ4v) is 4.24. The second-order valence-corrected chi connectivity index (χ2v) is 7.35. The SMILES string of the molecule is CN1[C@H]2CC[C@H]1CN(C(=O)N[C@@H]1C[C@H]1c1ccc(F)cc1F)CC2. The van der Waals surface area contributed by atoms with E-state index in [0.29, 0.717) is 24.1 Å². The summed E-state index contributed by atoms with van der Waals surface area (Å²) in [4.78, 5) is 16.8. The van der Waals surface area contributed by atoms with Gasteiger partial charge in [-0.05, 0) is 44.4 Å². The molecule has 0 spiro atoms. The van der Waals surface area contributed by atoms with Gasteiger partial charge in [-0.15, -0.1) is 0 Å². The van der Waals surface area contributed by atoms with Crippen molar-refractivity contribution in [2.24, 2.45) is 0 Å². The van der Waals surface area contributed by atoms with Crippen LogP contribution < -0.4 is 5.32 Å². The number of amides is 2. The summed E-state index contributed by atoms with van der Waals surface area (Å²) in [5.74, 6) is -1.13. The number of nitrogens with zero attached hydrogens (tertiary/aromatic N) is 2. The first-order valence-corrected chi connectivity index (χ1v) is 8.75. The van der Waals surface area contributed by atoms with Crippen LogP contribution in [-0.4, -0.2) is 54.1 Å². The van der Waals surface area contributed by atoms with Crippen LogP contribution in [0.4, 0.5) is 13.6 Å². The molecule has 1 aliphatic carbocycles. The number of urea groups is 1. The normalized spacial score (nSPS) is 32.5. The molecule has 4 nitrogen and oxygen atoms in total. The lowest BCUT2D eigenvalue weighted by Crippen LogP contribution is -2.45. The number of fused-ring (bicyclic) bond motifs is 2. The maximum Gasteiger partial charge on any atom is 0.317 e. The molecule has 2 bridgehead atoms. The second kappa shape index (κ2) is 5.99. The maximum atomic E-state index is 13.8. The van der Waals surface area contributed by atoms with E-state index >= 15 is 0 Å². The van der Waals surface area contributed by atoms with Crippen molar-refractivity contribution in [2.75, 3.05) is 20.1 Å². The standard InChI is InChI=1S/C18H23F2N3O/c1-22-12-3-4-13(22)10-23(7-6-12)18(24)21-17-9-15(17)14-5-2-11(19)8-16(14)20/h2,5,8,12-13,15,17H,3-4,6-7,9-10H2,1H3,(H,21,24)/t12-,13-,15-,17+/m0/s1. The predicted octanol–water partition coefficient (Wildman–Crippen LogP) is 2.70. The summed E-state index contributed by atoms with van der Waals surface area (Å²) in [6, 6.07) is 4.62. The molecule has 24 heavy (non-hydrogen) atoms. The zero-order valence-corrected chi connectivity index (χ0v) is 13.8. The Bertz CT molecular complexity index is 653. The molecule has 3 aliphatic rings. The second-order valence-electron chi connectivity index (χ2n) is 7.35. The molecule has 0 aromatic heterocycles. The van der Waals surface area contributed by atoms with Crippen LogP contribution in [0.2, 0.25) is 0 Å². The smallest absolute Gasteiger partial charge is 0.317 e. The molecule has 130 valence electrons. The van der Waals surface area contributed by atoms with Gasteiger partial charge < -0.3 is 10.2 Å². The van der Waals surface area contributed by atoms with Crippen LogP contribution >= 0.6 is 0 Å². The van der Waals surface area contributed by atoms with Crippen LogP contribution in [0.5, 0.6) is 0 Å². The molecule has 2 saturated heterocycles. The van der Waals surface area contributed by atoms with Gasteiger partial charge in [0.05, 0.1) is 0 Å². The van der Waals surface area contributed by atoms with Crippen molar-refractivity contribution in [3.8, 4) is 0 Å². The molecule has 1 aromatic carbocycles. The number of likely N-dealkylation sites (N-methyl/N-ethyl adjacent to an activating group) is 1. The number of benzene rings is 1. The van der Waals surface area contributed by atoms with Gasteiger partial charge in [0.25, 0.3) is 0 Å². The molecular weight excluding hydrogens is 312 g/mol. The summed E-state index contributed by atoms with van der Waals surface area (Å²) in [6.07, 6.45) is 4.11. The highest BCUT2D eigenvalue weighted by Gasteiger charge is 2.43. The Labute approximate surface area is 140 Å². The lowest BCUT2D eigenvalue weighted by Gasteiger charge is -2.26. The van der Waals surface area contributed by atoms with Crippen LogP contribution in [0.3, 0.4) is 0 Å². The van der Waals surface area contributed by atoms with Crippen LogP contribution in [0, 0.1) is 11.6 Å². The molecule has 3 fully saturated rings. The lowest BCUT2D eigenvalue weighted by molar-refractivity contribution is 0.187. The highest BCUT2D eigenvalue weighted by molar-refractivity contribution is 5.75. The average Bonchev–Trinajstić information content (AvgIpc) is 3.19. The topological polar surface area (TPSA) is 35.6 Å². The van der Waals surface area contributed by atoms with Crippen molar-refractivity contribution in [1.29, 1.82) is 0 Å². The van der Waals surface area contributed by atoms with E-state index < -0.39 is 11.6 Å². The number of hydrogen-bond acceptors (Lipinski definition) is 2. The Morgan fingerprint density at radius 1 is 1.21 bits per heavy atom. The summed E-state index contributed by atoms with van der Waals surface area (Å²) in [5.41, 5.74) is 0.497. The van der Waals surface area contributed by atoms with Crippen LogP contribution in [0.25, 0.3) is 0 Å². The molecule has 4 atom stereocenters. The first-order valence-electron chi connectivity index (χ1n) is 8.75. The first-order chi connectivity index (χ1) is 11.5. The van der Waals surface area contributed by atoms with Gasteiger partial charge in [0, 0.05) is 43.2 Å². The van der Waals surface area contributed by atoms with Crippen molar-refractivity contribution < 1.29 is 13.6 Å². The average molecular weight is 335 g/mol. The van der Waals surface area contributed by atoms with Crippen LogP contribution in [0.15, 0.2) is 18.2 Å². The van der Waals surface area contributed by atoms with Crippen molar-refractivity contribution in [3.63, 3.8) is 0 Å². The van der Waals surface area contributed by atoms with E-state index in [4.69, 9.17) is 0 Å². The fraction of sp³-hybridized carbons (Fsp3) is 0.611. The lowest BCUT2D eigenvalue weighted by atomic mass is 10.1. The van der Waals surface area contributed by atoms with Gasteiger partial charge >= 0.3 is 6.03 Å². The Morgan fingerprint density at radius 3 is 2.79 bits per heavy atom. The minimum absolute atomic E-state index is 0.0411. The highest BCUT2D eigenvalue weighted by Crippen LogP contribution is 2.42. The van der Waals surface area contributed by atoms with Gasteiger partial charge in [-0.3, -0.25) is 4.90 Å². The van der Waals surface area contributed by atoms with Crippen LogP contribution in [0.1, 0.15) is 37.2 Å². The molecule has 2 heterocycles. The molecule has 4 rings (SSSR count). The quantitative estimate of drug-likeness (QED) is 0.902. The third kappa shape index (κ3) is 2.88. The van der Waals surface area contributed by atoms with Gasteiger partial charge in [-0.25, -0.2) is 13.6 Å². The molecular formula is C18H23F2N3O. The molecule has 0 radical (unpaired) electrons. The number of hydrogen-bond donors (Lipinski definition) is 1.